The number of carbonyl (C=O) groups is 1. The van der Waals surface area contributed by atoms with Gasteiger partial charge in [-0.05, 0) is 48.9 Å². The van der Waals surface area contributed by atoms with Crippen LogP contribution in [0, 0.1) is 0 Å². The average Bonchev–Trinajstić information content (AvgIpc) is 2.67. The Bertz CT molecular complexity index is 897. The van der Waals surface area contributed by atoms with Crippen LogP contribution in [0.15, 0.2) is 53.4 Å². The van der Waals surface area contributed by atoms with Gasteiger partial charge in [-0.25, -0.2) is 8.42 Å². The normalized spacial score (nSPS) is 12.8. The van der Waals surface area contributed by atoms with E-state index in [-0.39, 0.29) is 23.4 Å². The van der Waals surface area contributed by atoms with Gasteiger partial charge in [0.1, 0.15) is 0 Å². The molecule has 152 valence electrons. The molecule has 28 heavy (non-hydrogen) atoms. The van der Waals surface area contributed by atoms with Gasteiger partial charge in [-0.2, -0.15) is 4.31 Å². The molecule has 0 heterocycles. The minimum Gasteiger partial charge on any atom is -0.325 e. The third-order valence-electron chi connectivity index (χ3n) is 4.40. The summed E-state index contributed by atoms with van der Waals surface area (Å²) in [6, 6.07) is 13.6. The molecule has 0 aliphatic carbocycles. The highest BCUT2D eigenvalue weighted by atomic mass is 35.5. The van der Waals surface area contributed by atoms with Gasteiger partial charge >= 0.3 is 0 Å². The van der Waals surface area contributed by atoms with Gasteiger partial charge in [0, 0.05) is 29.8 Å². The molecular formula is C20H26ClN3O3S. The SMILES string of the molecule is CCN(CC)S(=O)(=O)c1ccc(NC(=O)CN[C@@H](C)c2cccc(Cl)c2)cc1. The highest BCUT2D eigenvalue weighted by Crippen LogP contribution is 2.19. The number of carbonyl (C=O) groups excluding carboxylic acids is 1. The molecule has 0 spiro atoms. The number of halogens is 1. The van der Waals surface area contributed by atoms with Gasteiger partial charge in [-0.15, -0.1) is 0 Å². The van der Waals surface area contributed by atoms with Crippen molar-refractivity contribution in [3.05, 3.63) is 59.1 Å². The van der Waals surface area contributed by atoms with Crippen molar-refractivity contribution >= 4 is 33.2 Å². The molecule has 0 aliphatic heterocycles. The number of rotatable bonds is 9. The zero-order chi connectivity index (χ0) is 20.7. The minimum absolute atomic E-state index is 0.0361. The lowest BCUT2D eigenvalue weighted by atomic mass is 10.1. The quantitative estimate of drug-likeness (QED) is 0.645. The predicted octanol–water partition coefficient (Wildman–Crippen LogP) is 3.66. The summed E-state index contributed by atoms with van der Waals surface area (Å²) in [5.41, 5.74) is 1.53. The van der Waals surface area contributed by atoms with Crippen molar-refractivity contribution in [2.24, 2.45) is 0 Å². The highest BCUT2D eigenvalue weighted by molar-refractivity contribution is 7.89. The van der Waals surface area contributed by atoms with E-state index in [4.69, 9.17) is 11.6 Å². The molecule has 0 fully saturated rings. The maximum Gasteiger partial charge on any atom is 0.243 e. The second-order valence-electron chi connectivity index (χ2n) is 6.32. The van der Waals surface area contributed by atoms with Crippen molar-refractivity contribution in [1.82, 2.24) is 9.62 Å². The molecule has 0 saturated heterocycles. The molecule has 2 aromatic carbocycles. The number of hydrogen-bond acceptors (Lipinski definition) is 4. The largest absolute Gasteiger partial charge is 0.325 e. The van der Waals surface area contributed by atoms with E-state index in [0.717, 1.165) is 5.56 Å². The fourth-order valence-corrected chi connectivity index (χ4v) is 4.42. The van der Waals surface area contributed by atoms with Crippen LogP contribution in [-0.4, -0.2) is 38.3 Å². The first-order chi connectivity index (χ1) is 13.3. The lowest BCUT2D eigenvalue weighted by Crippen LogP contribution is -2.31. The van der Waals surface area contributed by atoms with Crippen molar-refractivity contribution in [2.75, 3.05) is 25.0 Å². The molecule has 0 saturated carbocycles. The first kappa shape index (κ1) is 22.4. The van der Waals surface area contributed by atoms with E-state index in [1.54, 1.807) is 32.0 Å². The molecule has 1 atom stereocenters. The number of anilines is 1. The summed E-state index contributed by atoms with van der Waals surface area (Å²) in [4.78, 5) is 12.4. The highest BCUT2D eigenvalue weighted by Gasteiger charge is 2.21. The van der Waals surface area contributed by atoms with Crippen molar-refractivity contribution in [2.45, 2.75) is 31.7 Å². The van der Waals surface area contributed by atoms with E-state index in [1.165, 1.54) is 16.4 Å². The molecule has 0 unspecified atom stereocenters. The first-order valence-electron chi connectivity index (χ1n) is 9.16. The zero-order valence-electron chi connectivity index (χ0n) is 16.3. The molecule has 0 aliphatic rings. The van der Waals surface area contributed by atoms with Gasteiger partial charge in [-0.3, -0.25) is 4.79 Å². The fourth-order valence-electron chi connectivity index (χ4n) is 2.77. The van der Waals surface area contributed by atoms with Crippen LogP contribution in [0.3, 0.4) is 0 Å². The summed E-state index contributed by atoms with van der Waals surface area (Å²) in [6.45, 7) is 6.49. The van der Waals surface area contributed by atoms with Gasteiger partial charge in [0.05, 0.1) is 11.4 Å². The Morgan fingerprint density at radius 1 is 1.11 bits per heavy atom. The molecule has 1 amide bonds. The summed E-state index contributed by atoms with van der Waals surface area (Å²) in [6.07, 6.45) is 0. The van der Waals surface area contributed by atoms with Crippen molar-refractivity contribution < 1.29 is 13.2 Å². The Morgan fingerprint density at radius 2 is 1.75 bits per heavy atom. The van der Waals surface area contributed by atoms with Crippen molar-refractivity contribution in [3.63, 3.8) is 0 Å². The van der Waals surface area contributed by atoms with Crippen LogP contribution >= 0.6 is 11.6 Å². The maximum absolute atomic E-state index is 12.5. The predicted molar refractivity (Wildman–Crippen MR) is 113 cm³/mol. The van der Waals surface area contributed by atoms with Gasteiger partial charge < -0.3 is 10.6 Å². The third-order valence-corrected chi connectivity index (χ3v) is 6.70. The summed E-state index contributed by atoms with van der Waals surface area (Å²) in [7, 11) is -3.50. The Kier molecular flexibility index (Phi) is 8.00. The fraction of sp³-hybridized carbons (Fsp3) is 0.350. The van der Waals surface area contributed by atoms with Crippen LogP contribution in [0.1, 0.15) is 32.4 Å². The molecule has 2 aromatic rings. The van der Waals surface area contributed by atoms with E-state index < -0.39 is 10.0 Å². The van der Waals surface area contributed by atoms with E-state index in [9.17, 15) is 13.2 Å². The lowest BCUT2D eigenvalue weighted by Gasteiger charge is -2.18. The Labute approximate surface area is 171 Å². The van der Waals surface area contributed by atoms with E-state index >= 15 is 0 Å². The summed E-state index contributed by atoms with van der Waals surface area (Å²) >= 11 is 5.99. The molecule has 0 aromatic heterocycles. The Hall–Kier alpha value is -1.93. The van der Waals surface area contributed by atoms with Crippen LogP contribution in [0.25, 0.3) is 0 Å². The van der Waals surface area contributed by atoms with Gasteiger partial charge in [0.15, 0.2) is 0 Å². The van der Waals surface area contributed by atoms with Crippen LogP contribution in [-0.2, 0) is 14.8 Å². The van der Waals surface area contributed by atoms with Gasteiger partial charge in [0.2, 0.25) is 15.9 Å². The second kappa shape index (κ2) is 10.0. The zero-order valence-corrected chi connectivity index (χ0v) is 17.8. The number of hydrogen-bond donors (Lipinski definition) is 2. The maximum atomic E-state index is 12.5. The summed E-state index contributed by atoms with van der Waals surface area (Å²) in [5.74, 6) is -0.215. The van der Waals surface area contributed by atoms with E-state index in [2.05, 4.69) is 10.6 Å². The smallest absolute Gasteiger partial charge is 0.243 e. The van der Waals surface area contributed by atoms with Gasteiger partial charge in [0.25, 0.3) is 0 Å². The molecular weight excluding hydrogens is 398 g/mol. The van der Waals surface area contributed by atoms with Gasteiger partial charge in [-0.1, -0.05) is 37.6 Å². The molecule has 2 N–H and O–H groups in total. The molecule has 0 bridgehead atoms. The van der Waals surface area contributed by atoms with E-state index in [0.29, 0.717) is 23.8 Å². The van der Waals surface area contributed by atoms with Crippen LogP contribution in [0.5, 0.6) is 0 Å². The molecule has 6 nitrogen and oxygen atoms in total. The molecule has 0 radical (unpaired) electrons. The molecule has 2 rings (SSSR count). The minimum atomic E-state index is -3.50. The number of benzene rings is 2. The number of sulfonamides is 1. The van der Waals surface area contributed by atoms with Crippen molar-refractivity contribution in [1.29, 1.82) is 0 Å². The average molecular weight is 424 g/mol. The monoisotopic (exact) mass is 423 g/mol. The third kappa shape index (κ3) is 5.78. The van der Waals surface area contributed by atoms with Crippen LogP contribution < -0.4 is 10.6 Å². The first-order valence-corrected chi connectivity index (χ1v) is 11.0. The summed E-state index contributed by atoms with van der Waals surface area (Å²) < 4.78 is 26.4. The second-order valence-corrected chi connectivity index (χ2v) is 8.69. The Morgan fingerprint density at radius 3 is 2.32 bits per heavy atom. The summed E-state index contributed by atoms with van der Waals surface area (Å²) in [5, 5.41) is 6.55. The van der Waals surface area contributed by atoms with Crippen LogP contribution in [0.4, 0.5) is 5.69 Å². The number of amides is 1. The van der Waals surface area contributed by atoms with E-state index in [1.807, 2.05) is 25.1 Å². The standard InChI is InChI=1S/C20H26ClN3O3S/c1-4-24(5-2)28(26,27)19-11-9-18(10-12-19)23-20(25)14-22-15(3)16-7-6-8-17(21)13-16/h6-13,15,22H,4-5,14H2,1-3H3,(H,23,25)/t15-/m0/s1. The van der Waals surface area contributed by atoms with Crippen molar-refractivity contribution in [3.8, 4) is 0 Å². The van der Waals surface area contributed by atoms with Crippen LogP contribution in [0.2, 0.25) is 5.02 Å². The number of nitrogens with zero attached hydrogens (tertiary/aromatic N) is 1. The Balaban J connectivity index is 1.94. The lowest BCUT2D eigenvalue weighted by molar-refractivity contribution is -0.115. The molecule has 8 heteroatoms. The topological polar surface area (TPSA) is 78.5 Å². The number of nitrogens with one attached hydrogen (secondary N) is 2.